The third-order valence-corrected chi connectivity index (χ3v) is 2.95. The van der Waals surface area contributed by atoms with Gasteiger partial charge >= 0.3 is 5.97 Å². The fraction of sp³-hybridized carbons (Fsp3) is 0.917. The van der Waals surface area contributed by atoms with Crippen molar-refractivity contribution in [2.45, 2.75) is 57.9 Å². The standard InChI is InChI=1S/C12H23NO2/c1-2-3-9-13(11-7-8-11)10-5-4-6-12(14)15/h11H,2-10H2,1H3,(H,14,15). The smallest absolute Gasteiger partial charge is 0.303 e. The lowest BCUT2D eigenvalue weighted by Gasteiger charge is -2.21. The van der Waals surface area contributed by atoms with E-state index in [9.17, 15) is 4.79 Å². The molecule has 0 saturated heterocycles. The van der Waals surface area contributed by atoms with Gasteiger partial charge in [0.1, 0.15) is 0 Å². The Morgan fingerprint density at radius 1 is 1.27 bits per heavy atom. The molecule has 0 spiro atoms. The molecule has 15 heavy (non-hydrogen) atoms. The molecular weight excluding hydrogens is 190 g/mol. The maximum absolute atomic E-state index is 10.3. The van der Waals surface area contributed by atoms with Gasteiger partial charge < -0.3 is 10.0 Å². The Morgan fingerprint density at radius 3 is 2.47 bits per heavy atom. The molecule has 0 amide bonds. The molecule has 0 aromatic rings. The molecule has 3 heteroatoms. The normalized spacial score (nSPS) is 15.9. The second-order valence-electron chi connectivity index (χ2n) is 4.47. The molecule has 1 N–H and O–H groups in total. The Bertz CT molecular complexity index is 190. The second-order valence-corrected chi connectivity index (χ2v) is 4.47. The largest absolute Gasteiger partial charge is 0.481 e. The average molecular weight is 213 g/mol. The molecule has 1 aliphatic rings. The topological polar surface area (TPSA) is 40.5 Å². The van der Waals surface area contributed by atoms with E-state index in [0.29, 0.717) is 6.42 Å². The summed E-state index contributed by atoms with van der Waals surface area (Å²) in [5, 5.41) is 8.53. The summed E-state index contributed by atoms with van der Waals surface area (Å²) in [5.74, 6) is -0.665. The number of nitrogens with zero attached hydrogens (tertiary/aromatic N) is 1. The molecule has 0 radical (unpaired) electrons. The van der Waals surface area contributed by atoms with Crippen molar-refractivity contribution in [3.63, 3.8) is 0 Å². The minimum Gasteiger partial charge on any atom is -0.481 e. The highest BCUT2D eigenvalue weighted by Crippen LogP contribution is 2.27. The Labute approximate surface area is 92.5 Å². The summed E-state index contributed by atoms with van der Waals surface area (Å²) in [6.45, 7) is 4.52. The number of hydrogen-bond donors (Lipinski definition) is 1. The predicted molar refractivity (Wildman–Crippen MR) is 61.0 cm³/mol. The summed E-state index contributed by atoms with van der Waals surface area (Å²) in [6, 6.07) is 0.821. The van der Waals surface area contributed by atoms with E-state index >= 15 is 0 Å². The first kappa shape index (κ1) is 12.5. The first-order valence-electron chi connectivity index (χ1n) is 6.20. The zero-order chi connectivity index (χ0) is 11.1. The van der Waals surface area contributed by atoms with Crippen LogP contribution >= 0.6 is 0 Å². The molecule has 3 nitrogen and oxygen atoms in total. The number of rotatable bonds is 9. The van der Waals surface area contributed by atoms with Crippen LogP contribution in [0, 0.1) is 0 Å². The van der Waals surface area contributed by atoms with Crippen LogP contribution in [0.2, 0.25) is 0 Å². The highest BCUT2D eigenvalue weighted by molar-refractivity contribution is 5.66. The SMILES string of the molecule is CCCCN(CCCCC(=O)O)C1CC1. The van der Waals surface area contributed by atoms with Gasteiger partial charge in [-0.3, -0.25) is 4.79 Å². The van der Waals surface area contributed by atoms with Gasteiger partial charge in [-0.2, -0.15) is 0 Å². The van der Waals surface area contributed by atoms with Crippen LogP contribution in [0.4, 0.5) is 0 Å². The quantitative estimate of drug-likeness (QED) is 0.598. The lowest BCUT2D eigenvalue weighted by atomic mass is 10.2. The van der Waals surface area contributed by atoms with Crippen LogP contribution in [0.1, 0.15) is 51.9 Å². The predicted octanol–water partition coefficient (Wildman–Crippen LogP) is 2.51. The van der Waals surface area contributed by atoms with Crippen LogP contribution in [-0.4, -0.2) is 35.1 Å². The van der Waals surface area contributed by atoms with Gasteiger partial charge in [-0.1, -0.05) is 13.3 Å². The lowest BCUT2D eigenvalue weighted by Crippen LogP contribution is -2.28. The molecule has 0 unspecified atom stereocenters. The van der Waals surface area contributed by atoms with Crippen molar-refractivity contribution in [1.29, 1.82) is 0 Å². The molecule has 0 aromatic heterocycles. The van der Waals surface area contributed by atoms with E-state index in [1.165, 1.54) is 32.2 Å². The van der Waals surface area contributed by atoms with Crippen LogP contribution in [0.3, 0.4) is 0 Å². The summed E-state index contributed by atoms with van der Waals surface area (Å²) < 4.78 is 0. The van der Waals surface area contributed by atoms with Crippen LogP contribution in [0.15, 0.2) is 0 Å². The van der Waals surface area contributed by atoms with E-state index in [1.54, 1.807) is 0 Å². The van der Waals surface area contributed by atoms with Crippen LogP contribution in [-0.2, 0) is 4.79 Å². The highest BCUT2D eigenvalue weighted by Gasteiger charge is 2.27. The molecule has 1 aliphatic carbocycles. The number of aliphatic carboxylic acids is 1. The van der Waals surface area contributed by atoms with Crippen molar-refractivity contribution in [3.8, 4) is 0 Å². The number of carboxylic acids is 1. The van der Waals surface area contributed by atoms with Crippen LogP contribution in [0.25, 0.3) is 0 Å². The summed E-state index contributed by atoms with van der Waals surface area (Å²) in [4.78, 5) is 12.9. The van der Waals surface area contributed by atoms with Crippen molar-refractivity contribution < 1.29 is 9.90 Å². The van der Waals surface area contributed by atoms with E-state index in [2.05, 4.69) is 11.8 Å². The molecule has 0 aliphatic heterocycles. The first-order chi connectivity index (χ1) is 7.24. The van der Waals surface area contributed by atoms with E-state index in [1.807, 2.05) is 0 Å². The van der Waals surface area contributed by atoms with Gasteiger partial charge in [0.2, 0.25) is 0 Å². The van der Waals surface area contributed by atoms with Crippen molar-refractivity contribution >= 4 is 5.97 Å². The third kappa shape index (κ3) is 5.78. The molecule has 88 valence electrons. The van der Waals surface area contributed by atoms with Crippen LogP contribution < -0.4 is 0 Å². The lowest BCUT2D eigenvalue weighted by molar-refractivity contribution is -0.137. The molecule has 0 aromatic carbocycles. The maximum Gasteiger partial charge on any atom is 0.303 e. The monoisotopic (exact) mass is 213 g/mol. The Hall–Kier alpha value is -0.570. The fourth-order valence-corrected chi connectivity index (χ4v) is 1.87. The summed E-state index contributed by atoms with van der Waals surface area (Å²) >= 11 is 0. The van der Waals surface area contributed by atoms with Gasteiger partial charge in [-0.05, 0) is 45.2 Å². The zero-order valence-corrected chi connectivity index (χ0v) is 9.74. The molecule has 1 fully saturated rings. The summed E-state index contributed by atoms with van der Waals surface area (Å²) in [5.41, 5.74) is 0. The van der Waals surface area contributed by atoms with Gasteiger partial charge in [0, 0.05) is 12.5 Å². The van der Waals surface area contributed by atoms with E-state index in [0.717, 1.165) is 25.4 Å². The van der Waals surface area contributed by atoms with Crippen molar-refractivity contribution in [1.82, 2.24) is 4.90 Å². The molecule has 0 atom stereocenters. The summed E-state index contributed by atoms with van der Waals surface area (Å²) in [6.07, 6.45) is 7.41. The van der Waals surface area contributed by atoms with E-state index < -0.39 is 5.97 Å². The highest BCUT2D eigenvalue weighted by atomic mass is 16.4. The third-order valence-electron chi connectivity index (χ3n) is 2.95. The average Bonchev–Trinajstić information content (AvgIpc) is 3.00. The molecule has 1 saturated carbocycles. The van der Waals surface area contributed by atoms with Gasteiger partial charge in [0.25, 0.3) is 0 Å². The molecule has 0 bridgehead atoms. The molecular formula is C12H23NO2. The zero-order valence-electron chi connectivity index (χ0n) is 9.74. The summed E-state index contributed by atoms with van der Waals surface area (Å²) in [7, 11) is 0. The second kappa shape index (κ2) is 6.83. The Balaban J connectivity index is 2.06. The van der Waals surface area contributed by atoms with Crippen molar-refractivity contribution in [2.75, 3.05) is 13.1 Å². The number of unbranched alkanes of at least 4 members (excludes halogenated alkanes) is 2. The minimum atomic E-state index is -0.665. The first-order valence-corrected chi connectivity index (χ1v) is 6.20. The van der Waals surface area contributed by atoms with Gasteiger partial charge in [0.15, 0.2) is 0 Å². The fourth-order valence-electron chi connectivity index (χ4n) is 1.87. The number of carboxylic acid groups (broad SMARTS) is 1. The number of carbonyl (C=O) groups is 1. The molecule has 0 heterocycles. The minimum absolute atomic E-state index is 0.326. The van der Waals surface area contributed by atoms with Crippen molar-refractivity contribution in [3.05, 3.63) is 0 Å². The van der Waals surface area contributed by atoms with E-state index in [4.69, 9.17) is 5.11 Å². The Kier molecular flexibility index (Phi) is 5.69. The van der Waals surface area contributed by atoms with Gasteiger partial charge in [-0.15, -0.1) is 0 Å². The van der Waals surface area contributed by atoms with Gasteiger partial charge in [-0.25, -0.2) is 0 Å². The molecule has 1 rings (SSSR count). The number of hydrogen-bond acceptors (Lipinski definition) is 2. The maximum atomic E-state index is 10.3. The van der Waals surface area contributed by atoms with Crippen LogP contribution in [0.5, 0.6) is 0 Å². The van der Waals surface area contributed by atoms with Crippen molar-refractivity contribution in [2.24, 2.45) is 0 Å². The van der Waals surface area contributed by atoms with Gasteiger partial charge in [0.05, 0.1) is 0 Å². The van der Waals surface area contributed by atoms with E-state index in [-0.39, 0.29) is 0 Å². The Morgan fingerprint density at radius 2 is 1.93 bits per heavy atom.